The average Bonchev–Trinajstić information content (AvgIpc) is 2.89. The van der Waals surface area contributed by atoms with Gasteiger partial charge in [-0.2, -0.15) is 4.39 Å². The van der Waals surface area contributed by atoms with E-state index in [1.807, 2.05) is 0 Å². The second kappa shape index (κ2) is 12.2. The van der Waals surface area contributed by atoms with Crippen molar-refractivity contribution in [2.75, 3.05) is 13.2 Å². The summed E-state index contributed by atoms with van der Waals surface area (Å²) >= 11 is 0. The van der Waals surface area contributed by atoms with Gasteiger partial charge in [-0.3, -0.25) is 0 Å². The highest BCUT2D eigenvalue weighted by molar-refractivity contribution is 5.66. The summed E-state index contributed by atoms with van der Waals surface area (Å²) in [6, 6.07) is 5.16. The molecule has 0 bridgehead atoms. The predicted octanol–water partition coefficient (Wildman–Crippen LogP) is 8.77. The Morgan fingerprint density at radius 3 is 2.14 bits per heavy atom. The van der Waals surface area contributed by atoms with Crippen molar-refractivity contribution in [3.8, 4) is 16.9 Å². The number of rotatable bonds is 9. The summed E-state index contributed by atoms with van der Waals surface area (Å²) in [5, 5.41) is 0. The van der Waals surface area contributed by atoms with Gasteiger partial charge in [-0.15, -0.1) is 0 Å². The lowest BCUT2D eigenvalue weighted by Gasteiger charge is -2.35. The Kier molecular flexibility index (Phi) is 8.97. The van der Waals surface area contributed by atoms with Crippen LogP contribution in [0.4, 0.5) is 17.6 Å². The second-order valence-corrected chi connectivity index (χ2v) is 10.1. The maximum Gasteiger partial charge on any atom is 0.201 e. The van der Waals surface area contributed by atoms with Gasteiger partial charge in [-0.25, -0.2) is 13.2 Å². The van der Waals surface area contributed by atoms with E-state index in [1.165, 1.54) is 62.8 Å². The Morgan fingerprint density at radius 1 is 0.806 bits per heavy atom. The summed E-state index contributed by atoms with van der Waals surface area (Å²) in [6.07, 6.45) is 11.6. The fourth-order valence-corrected chi connectivity index (χ4v) is 5.74. The van der Waals surface area contributed by atoms with Crippen molar-refractivity contribution >= 4 is 0 Å². The highest BCUT2D eigenvalue weighted by atomic mass is 19.2. The van der Waals surface area contributed by atoms with E-state index >= 15 is 0 Å². The highest BCUT2D eigenvalue weighted by Crippen LogP contribution is 2.39. The van der Waals surface area contributed by atoms with Crippen LogP contribution < -0.4 is 4.74 Å². The minimum Gasteiger partial charge on any atom is -0.498 e. The van der Waals surface area contributed by atoms with Gasteiger partial charge in [-0.05, 0) is 74.1 Å². The first-order valence-electron chi connectivity index (χ1n) is 13.3. The van der Waals surface area contributed by atoms with E-state index in [0.717, 1.165) is 18.1 Å². The van der Waals surface area contributed by atoms with E-state index in [4.69, 9.17) is 9.47 Å². The minimum absolute atomic E-state index is 0.161. The lowest BCUT2D eigenvalue weighted by Crippen LogP contribution is -2.27. The number of allylic oxidation sites excluding steroid dienone is 2. The van der Waals surface area contributed by atoms with Gasteiger partial charge in [-0.1, -0.05) is 44.7 Å². The zero-order valence-electron chi connectivity index (χ0n) is 21.2. The van der Waals surface area contributed by atoms with Crippen molar-refractivity contribution in [3.63, 3.8) is 0 Å². The van der Waals surface area contributed by atoms with Crippen molar-refractivity contribution in [2.45, 2.75) is 71.6 Å². The van der Waals surface area contributed by atoms with Gasteiger partial charge in [0.25, 0.3) is 0 Å². The van der Waals surface area contributed by atoms with Gasteiger partial charge in [0, 0.05) is 17.5 Å². The second-order valence-electron chi connectivity index (χ2n) is 10.1. The highest BCUT2D eigenvalue weighted by Gasteiger charge is 2.29. The van der Waals surface area contributed by atoms with Crippen LogP contribution in [0.5, 0.6) is 5.75 Å². The lowest BCUT2D eigenvalue weighted by molar-refractivity contribution is 0.0834. The number of hydrogen-bond donors (Lipinski definition) is 0. The molecule has 0 N–H and O–H groups in total. The van der Waals surface area contributed by atoms with Crippen LogP contribution in [0.25, 0.3) is 11.1 Å². The Hall–Kier alpha value is -2.50. The molecule has 2 aliphatic rings. The molecule has 1 unspecified atom stereocenters. The van der Waals surface area contributed by atoms with Crippen molar-refractivity contribution in [1.29, 1.82) is 0 Å². The molecule has 1 fully saturated rings. The molecule has 2 aromatic carbocycles. The third kappa shape index (κ3) is 5.90. The molecule has 196 valence electrons. The van der Waals surface area contributed by atoms with E-state index in [-0.39, 0.29) is 35.5 Å². The van der Waals surface area contributed by atoms with Crippen LogP contribution in [-0.4, -0.2) is 13.2 Å². The summed E-state index contributed by atoms with van der Waals surface area (Å²) in [5.41, 5.74) is -0.476. The van der Waals surface area contributed by atoms with Crippen LogP contribution >= 0.6 is 0 Å². The van der Waals surface area contributed by atoms with Gasteiger partial charge in [0.2, 0.25) is 5.82 Å². The van der Waals surface area contributed by atoms with Crippen LogP contribution in [0.3, 0.4) is 0 Å². The van der Waals surface area contributed by atoms with Crippen LogP contribution in [0, 0.1) is 41.0 Å². The molecule has 0 spiro atoms. The molecule has 1 aliphatic heterocycles. The maximum atomic E-state index is 14.9. The number of aryl methyl sites for hydroxylation is 1. The van der Waals surface area contributed by atoms with Crippen molar-refractivity contribution in [3.05, 3.63) is 64.9 Å². The van der Waals surface area contributed by atoms with Gasteiger partial charge < -0.3 is 9.47 Å². The summed E-state index contributed by atoms with van der Waals surface area (Å²) in [7, 11) is 0. The standard InChI is InChI=1S/C30H36F4O2/c1-3-5-19-6-8-20(9-7-19)22-11-14-23(36-18-22)13-10-21-12-15-24(28(32)27(21)31)25-16-17-26(35-4-2)30(34)29(25)33/h12,14-17,19-20,22H,3-11,13,18H2,1-2H3. The molecule has 1 aliphatic carbocycles. The SMILES string of the molecule is CCCC1CCC(C2CC=C(CCc3ccc(-c4ccc(OCC)c(F)c4F)c(F)c3F)OC2)CC1. The van der Waals surface area contributed by atoms with E-state index in [2.05, 4.69) is 13.0 Å². The molecule has 6 heteroatoms. The molecule has 0 aromatic heterocycles. The molecule has 1 heterocycles. The molecule has 2 aromatic rings. The Labute approximate surface area is 211 Å². The first kappa shape index (κ1) is 26.6. The zero-order valence-corrected chi connectivity index (χ0v) is 21.2. The normalized spacial score (nSPS) is 22.2. The Balaban J connectivity index is 1.36. The molecular formula is C30H36F4O2. The first-order valence-corrected chi connectivity index (χ1v) is 13.3. The number of ether oxygens (including phenoxy) is 2. The number of hydrogen-bond acceptors (Lipinski definition) is 2. The third-order valence-corrected chi connectivity index (χ3v) is 7.83. The van der Waals surface area contributed by atoms with Crippen LogP contribution in [-0.2, 0) is 11.2 Å². The van der Waals surface area contributed by atoms with E-state index in [9.17, 15) is 17.6 Å². The van der Waals surface area contributed by atoms with Crippen molar-refractivity contribution in [2.24, 2.45) is 17.8 Å². The Bertz CT molecular complexity index is 1070. The first-order chi connectivity index (χ1) is 17.4. The van der Waals surface area contributed by atoms with Crippen LogP contribution in [0.15, 0.2) is 36.1 Å². The maximum absolute atomic E-state index is 14.9. The topological polar surface area (TPSA) is 18.5 Å². The van der Waals surface area contributed by atoms with E-state index < -0.39 is 23.3 Å². The fourth-order valence-electron chi connectivity index (χ4n) is 5.74. The largest absolute Gasteiger partial charge is 0.498 e. The number of benzene rings is 2. The molecule has 0 saturated heterocycles. The average molecular weight is 505 g/mol. The molecule has 4 rings (SSSR count). The predicted molar refractivity (Wildman–Crippen MR) is 134 cm³/mol. The molecule has 0 radical (unpaired) electrons. The Morgan fingerprint density at radius 2 is 1.50 bits per heavy atom. The molecular weight excluding hydrogens is 468 g/mol. The monoisotopic (exact) mass is 504 g/mol. The van der Waals surface area contributed by atoms with E-state index in [1.54, 1.807) is 6.92 Å². The lowest BCUT2D eigenvalue weighted by atomic mass is 9.73. The molecule has 2 nitrogen and oxygen atoms in total. The molecule has 1 saturated carbocycles. The fraction of sp³-hybridized carbons (Fsp3) is 0.533. The summed E-state index contributed by atoms with van der Waals surface area (Å²) in [4.78, 5) is 0. The van der Waals surface area contributed by atoms with Gasteiger partial charge in [0.1, 0.15) is 0 Å². The third-order valence-electron chi connectivity index (χ3n) is 7.83. The van der Waals surface area contributed by atoms with Gasteiger partial charge in [0.05, 0.1) is 19.0 Å². The quantitative estimate of drug-likeness (QED) is 0.318. The van der Waals surface area contributed by atoms with Crippen LogP contribution in [0.1, 0.15) is 70.8 Å². The molecule has 1 atom stereocenters. The summed E-state index contributed by atoms with van der Waals surface area (Å²) < 4.78 is 69.5. The summed E-state index contributed by atoms with van der Waals surface area (Å²) in [6.45, 7) is 4.75. The molecule has 36 heavy (non-hydrogen) atoms. The zero-order chi connectivity index (χ0) is 25.7. The van der Waals surface area contributed by atoms with Crippen LogP contribution in [0.2, 0.25) is 0 Å². The minimum atomic E-state index is -1.26. The van der Waals surface area contributed by atoms with Crippen molar-refractivity contribution in [1.82, 2.24) is 0 Å². The smallest absolute Gasteiger partial charge is 0.201 e. The van der Waals surface area contributed by atoms with Crippen molar-refractivity contribution < 1.29 is 27.0 Å². The van der Waals surface area contributed by atoms with Gasteiger partial charge in [0.15, 0.2) is 23.2 Å². The van der Waals surface area contributed by atoms with Gasteiger partial charge >= 0.3 is 0 Å². The molecule has 0 amide bonds. The summed E-state index contributed by atoms with van der Waals surface area (Å²) in [5.74, 6) is -2.02. The number of halogens is 4. The van der Waals surface area contributed by atoms with E-state index in [0.29, 0.717) is 24.9 Å².